The Morgan fingerprint density at radius 3 is 2.66 bits per heavy atom. The molecule has 1 amide bonds. The third kappa shape index (κ3) is 4.60. The lowest BCUT2D eigenvalue weighted by molar-refractivity contribution is 0.0943. The first-order chi connectivity index (χ1) is 15.6. The number of benzene rings is 2. The molecule has 2 aromatic heterocycles. The number of pyridine rings is 2. The second-order valence-corrected chi connectivity index (χ2v) is 7.78. The molecule has 0 saturated heterocycles. The number of fused-ring (bicyclic) bond motifs is 1. The Morgan fingerprint density at radius 1 is 1.06 bits per heavy atom. The number of carbonyl (C=O) groups is 1. The Balaban J connectivity index is 1.64. The van der Waals surface area contributed by atoms with Crippen LogP contribution in [0.2, 0.25) is 0 Å². The number of carbonyl (C=O) groups excluding carboxylic acids is 1. The summed E-state index contributed by atoms with van der Waals surface area (Å²) in [5, 5.41) is 3.94. The summed E-state index contributed by atoms with van der Waals surface area (Å²) in [5.41, 5.74) is 4.03. The van der Waals surface area contributed by atoms with Crippen LogP contribution in [0, 0.1) is 0 Å². The zero-order valence-electron chi connectivity index (χ0n) is 18.4. The first-order valence-electron chi connectivity index (χ1n) is 10.5. The van der Waals surface area contributed by atoms with Crippen LogP contribution in [0.4, 0.5) is 0 Å². The van der Waals surface area contributed by atoms with Gasteiger partial charge in [-0.2, -0.15) is 0 Å². The molecule has 0 saturated carbocycles. The van der Waals surface area contributed by atoms with E-state index in [-0.39, 0.29) is 11.9 Å². The molecule has 0 radical (unpaired) electrons. The topological polar surface area (TPSA) is 67.3 Å². The van der Waals surface area contributed by atoms with Crippen molar-refractivity contribution in [1.29, 1.82) is 0 Å². The van der Waals surface area contributed by atoms with E-state index in [9.17, 15) is 4.79 Å². The number of hydrogen-bond donors (Lipinski definition) is 1. The normalized spacial score (nSPS) is 12.0. The van der Waals surface area contributed by atoms with Gasteiger partial charge in [-0.25, -0.2) is 4.98 Å². The van der Waals surface area contributed by atoms with Crippen LogP contribution < -0.4 is 10.1 Å². The van der Waals surface area contributed by atoms with E-state index in [0.29, 0.717) is 12.1 Å². The maximum atomic E-state index is 13.3. The highest BCUT2D eigenvalue weighted by Gasteiger charge is 2.19. The zero-order chi connectivity index (χ0) is 22.5. The molecule has 4 rings (SSSR count). The van der Waals surface area contributed by atoms with Crippen molar-refractivity contribution in [3.05, 3.63) is 90.3 Å². The van der Waals surface area contributed by atoms with E-state index in [1.807, 2.05) is 80.8 Å². The van der Waals surface area contributed by atoms with Gasteiger partial charge in [0.05, 0.1) is 29.9 Å². The Hall–Kier alpha value is -3.77. The number of rotatable bonds is 7. The van der Waals surface area contributed by atoms with Gasteiger partial charge in [0.15, 0.2) is 0 Å². The van der Waals surface area contributed by atoms with Crippen LogP contribution in [0.15, 0.2) is 79.1 Å². The van der Waals surface area contributed by atoms with Gasteiger partial charge < -0.3 is 15.0 Å². The van der Waals surface area contributed by atoms with Crippen molar-refractivity contribution in [1.82, 2.24) is 20.2 Å². The number of likely N-dealkylation sites (N-methyl/N-ethyl adjacent to an activating group) is 1. The van der Waals surface area contributed by atoms with Crippen LogP contribution >= 0.6 is 0 Å². The van der Waals surface area contributed by atoms with Gasteiger partial charge in [0, 0.05) is 29.9 Å². The molecule has 2 aromatic carbocycles. The molecule has 0 fully saturated rings. The molecule has 2 heterocycles. The van der Waals surface area contributed by atoms with Crippen LogP contribution in [-0.2, 0) is 0 Å². The number of aromatic nitrogens is 2. The Morgan fingerprint density at radius 2 is 1.91 bits per heavy atom. The van der Waals surface area contributed by atoms with Crippen LogP contribution in [0.1, 0.15) is 22.0 Å². The number of amides is 1. The number of para-hydroxylation sites is 1. The SMILES string of the molecule is COc1cccc(C(CNC(=O)c2cc(-c3cccnc3)nc3ccccc23)N(C)C)c1. The molecule has 1 N–H and O–H groups in total. The summed E-state index contributed by atoms with van der Waals surface area (Å²) in [6.07, 6.45) is 3.47. The minimum absolute atomic E-state index is 0.0000508. The predicted octanol–water partition coefficient (Wildman–Crippen LogP) is 4.34. The Kier molecular flexibility index (Phi) is 6.42. The standard InChI is InChI=1S/C26H26N4O2/c1-30(2)25(18-8-6-10-20(14-18)32-3)17-28-26(31)22-15-24(19-9-7-13-27-16-19)29-23-12-5-4-11-21(22)23/h4-16,25H,17H2,1-3H3,(H,28,31). The van der Waals surface area contributed by atoms with Crippen molar-refractivity contribution in [2.75, 3.05) is 27.7 Å². The lowest BCUT2D eigenvalue weighted by Gasteiger charge is -2.25. The third-order valence-electron chi connectivity index (χ3n) is 5.48. The highest BCUT2D eigenvalue weighted by molar-refractivity contribution is 6.07. The molecule has 1 atom stereocenters. The van der Waals surface area contributed by atoms with E-state index >= 15 is 0 Å². The van der Waals surface area contributed by atoms with Crippen molar-refractivity contribution in [3.63, 3.8) is 0 Å². The average molecular weight is 427 g/mol. The minimum Gasteiger partial charge on any atom is -0.497 e. The molecular formula is C26H26N4O2. The van der Waals surface area contributed by atoms with Crippen LogP contribution in [0.3, 0.4) is 0 Å². The quantitative estimate of drug-likeness (QED) is 0.476. The smallest absolute Gasteiger partial charge is 0.252 e. The number of nitrogens with one attached hydrogen (secondary N) is 1. The van der Waals surface area contributed by atoms with E-state index in [1.165, 1.54) is 0 Å². The fourth-order valence-corrected chi connectivity index (χ4v) is 3.76. The first kappa shape index (κ1) is 21.5. The van der Waals surface area contributed by atoms with Gasteiger partial charge in [-0.3, -0.25) is 9.78 Å². The highest BCUT2D eigenvalue weighted by Crippen LogP contribution is 2.25. The molecule has 4 aromatic rings. The molecule has 1 unspecified atom stereocenters. The van der Waals surface area contributed by atoms with Crippen molar-refractivity contribution >= 4 is 16.8 Å². The molecule has 0 bridgehead atoms. The summed E-state index contributed by atoms with van der Waals surface area (Å²) in [4.78, 5) is 24.3. The van der Waals surface area contributed by atoms with Crippen molar-refractivity contribution in [3.8, 4) is 17.0 Å². The van der Waals surface area contributed by atoms with Crippen LogP contribution in [-0.4, -0.2) is 48.5 Å². The van der Waals surface area contributed by atoms with Crippen molar-refractivity contribution in [2.24, 2.45) is 0 Å². The molecule has 0 spiro atoms. The summed E-state index contributed by atoms with van der Waals surface area (Å²) in [5.74, 6) is 0.658. The molecule has 162 valence electrons. The summed E-state index contributed by atoms with van der Waals surface area (Å²) < 4.78 is 5.37. The average Bonchev–Trinajstić information content (AvgIpc) is 2.83. The van der Waals surface area contributed by atoms with Crippen molar-refractivity contribution < 1.29 is 9.53 Å². The molecule has 0 aliphatic heterocycles. The fourth-order valence-electron chi connectivity index (χ4n) is 3.76. The maximum absolute atomic E-state index is 13.3. The number of ether oxygens (including phenoxy) is 1. The van der Waals surface area contributed by atoms with E-state index < -0.39 is 0 Å². The molecule has 32 heavy (non-hydrogen) atoms. The Bertz CT molecular complexity index is 1220. The third-order valence-corrected chi connectivity index (χ3v) is 5.48. The number of methoxy groups -OCH3 is 1. The van der Waals surface area contributed by atoms with Crippen molar-refractivity contribution in [2.45, 2.75) is 6.04 Å². The summed E-state index contributed by atoms with van der Waals surface area (Å²) in [6, 6.07) is 21.3. The zero-order valence-corrected chi connectivity index (χ0v) is 18.4. The van der Waals surface area contributed by atoms with E-state index in [4.69, 9.17) is 9.72 Å². The second kappa shape index (κ2) is 9.58. The fraction of sp³-hybridized carbons (Fsp3) is 0.192. The molecule has 6 nitrogen and oxygen atoms in total. The van der Waals surface area contributed by atoms with Crippen LogP contribution in [0.25, 0.3) is 22.2 Å². The van der Waals surface area contributed by atoms with E-state index in [2.05, 4.69) is 15.2 Å². The summed E-state index contributed by atoms with van der Waals surface area (Å²) in [7, 11) is 5.65. The molecular weight excluding hydrogens is 400 g/mol. The lowest BCUT2D eigenvalue weighted by atomic mass is 10.0. The predicted molar refractivity (Wildman–Crippen MR) is 127 cm³/mol. The van der Waals surface area contributed by atoms with Gasteiger partial charge in [0.1, 0.15) is 5.75 Å². The van der Waals surface area contributed by atoms with Gasteiger partial charge in [0.25, 0.3) is 5.91 Å². The van der Waals surface area contributed by atoms with Gasteiger partial charge in [0.2, 0.25) is 0 Å². The molecule has 0 aliphatic carbocycles. The number of nitrogens with zero attached hydrogens (tertiary/aromatic N) is 3. The molecule has 0 aliphatic rings. The second-order valence-electron chi connectivity index (χ2n) is 7.78. The minimum atomic E-state index is -0.136. The highest BCUT2D eigenvalue weighted by atomic mass is 16.5. The van der Waals surface area contributed by atoms with E-state index in [0.717, 1.165) is 33.5 Å². The van der Waals surface area contributed by atoms with Gasteiger partial charge in [-0.15, -0.1) is 0 Å². The van der Waals surface area contributed by atoms with Gasteiger partial charge in [-0.05, 0) is 56.1 Å². The molecule has 6 heteroatoms. The monoisotopic (exact) mass is 426 g/mol. The van der Waals surface area contributed by atoms with Gasteiger partial charge in [-0.1, -0.05) is 30.3 Å². The Labute approximate surface area is 187 Å². The largest absolute Gasteiger partial charge is 0.497 e. The lowest BCUT2D eigenvalue weighted by Crippen LogP contribution is -2.34. The number of hydrogen-bond acceptors (Lipinski definition) is 5. The maximum Gasteiger partial charge on any atom is 0.252 e. The van der Waals surface area contributed by atoms with Crippen LogP contribution in [0.5, 0.6) is 5.75 Å². The summed E-state index contributed by atoms with van der Waals surface area (Å²) >= 11 is 0. The first-order valence-corrected chi connectivity index (χ1v) is 10.5. The van der Waals surface area contributed by atoms with E-state index in [1.54, 1.807) is 19.5 Å². The van der Waals surface area contributed by atoms with Gasteiger partial charge >= 0.3 is 0 Å². The summed E-state index contributed by atoms with van der Waals surface area (Å²) in [6.45, 7) is 0.456.